The summed E-state index contributed by atoms with van der Waals surface area (Å²) in [7, 11) is 0. The molecule has 0 radical (unpaired) electrons. The summed E-state index contributed by atoms with van der Waals surface area (Å²) in [6.07, 6.45) is 0. The van der Waals surface area contributed by atoms with Gasteiger partial charge in [0.15, 0.2) is 11.7 Å². The molecule has 0 aliphatic rings. The molecule has 0 aromatic heterocycles. The highest BCUT2D eigenvalue weighted by atomic mass is 32.1. The summed E-state index contributed by atoms with van der Waals surface area (Å²) in [5.41, 5.74) is 1.83. The number of ether oxygens (including phenoxy) is 2. The number of thiocarbonyl (C=S) groups is 1. The number of nitrogens with one attached hydrogen (secondary N) is 2. The van der Waals surface area contributed by atoms with Gasteiger partial charge in [0, 0.05) is 5.69 Å². The van der Waals surface area contributed by atoms with Crippen molar-refractivity contribution in [2.24, 2.45) is 0 Å². The number of benzene rings is 2. The monoisotopic (exact) mass is 372 g/mol. The summed E-state index contributed by atoms with van der Waals surface area (Å²) in [6, 6.07) is 15.0. The lowest BCUT2D eigenvalue weighted by Crippen LogP contribution is -2.37. The zero-order chi connectivity index (χ0) is 18.9. The number of para-hydroxylation sites is 1. The lowest BCUT2D eigenvalue weighted by molar-refractivity contribution is -0.121. The van der Waals surface area contributed by atoms with Gasteiger partial charge in [0.05, 0.1) is 6.61 Å². The van der Waals surface area contributed by atoms with Crippen LogP contribution in [-0.2, 0) is 4.79 Å². The average molecular weight is 372 g/mol. The van der Waals surface area contributed by atoms with Crippen LogP contribution in [0, 0.1) is 0 Å². The van der Waals surface area contributed by atoms with Crippen molar-refractivity contribution in [3.63, 3.8) is 0 Å². The molecule has 2 aromatic carbocycles. The van der Waals surface area contributed by atoms with Gasteiger partial charge in [0.25, 0.3) is 5.91 Å². The molecule has 0 fully saturated rings. The van der Waals surface area contributed by atoms with Crippen LogP contribution in [0.1, 0.15) is 32.3 Å². The van der Waals surface area contributed by atoms with Crippen LogP contribution in [-0.4, -0.2) is 24.2 Å². The number of hydrogen-bond donors (Lipinski definition) is 2. The van der Waals surface area contributed by atoms with Gasteiger partial charge in [-0.05, 0) is 61.0 Å². The molecule has 0 spiro atoms. The van der Waals surface area contributed by atoms with Crippen LogP contribution in [0.5, 0.6) is 11.5 Å². The van der Waals surface area contributed by atoms with Crippen LogP contribution in [0.25, 0.3) is 0 Å². The van der Waals surface area contributed by atoms with Crippen molar-refractivity contribution in [1.82, 2.24) is 5.32 Å². The van der Waals surface area contributed by atoms with E-state index in [1.807, 2.05) is 55.5 Å². The zero-order valence-electron chi connectivity index (χ0n) is 15.2. The van der Waals surface area contributed by atoms with E-state index in [1.54, 1.807) is 0 Å². The number of rotatable bonds is 7. The Bertz CT molecular complexity index is 745. The second kappa shape index (κ2) is 9.77. The Balaban J connectivity index is 1.83. The van der Waals surface area contributed by atoms with Crippen LogP contribution in [0.15, 0.2) is 48.5 Å². The van der Waals surface area contributed by atoms with E-state index in [0.717, 1.165) is 17.0 Å². The van der Waals surface area contributed by atoms with Gasteiger partial charge in [-0.2, -0.15) is 0 Å². The summed E-state index contributed by atoms with van der Waals surface area (Å²) < 4.78 is 11.0. The maximum absolute atomic E-state index is 12.1. The van der Waals surface area contributed by atoms with Gasteiger partial charge in [0.1, 0.15) is 11.5 Å². The Kier molecular flexibility index (Phi) is 7.41. The van der Waals surface area contributed by atoms with E-state index in [-0.39, 0.29) is 17.6 Å². The van der Waals surface area contributed by atoms with Gasteiger partial charge in [0.2, 0.25) is 0 Å². The fraction of sp³-hybridized carbons (Fsp3) is 0.300. The molecule has 1 amide bonds. The van der Waals surface area contributed by atoms with Gasteiger partial charge in [-0.3, -0.25) is 10.1 Å². The lowest BCUT2D eigenvalue weighted by Gasteiger charge is -2.14. The highest BCUT2D eigenvalue weighted by Crippen LogP contribution is 2.25. The summed E-state index contributed by atoms with van der Waals surface area (Å²) in [4.78, 5) is 12.1. The molecule has 6 heteroatoms. The quantitative estimate of drug-likeness (QED) is 0.717. The van der Waals surface area contributed by atoms with E-state index in [4.69, 9.17) is 21.7 Å². The first-order chi connectivity index (χ1) is 12.5. The number of amides is 1. The van der Waals surface area contributed by atoms with Crippen molar-refractivity contribution >= 4 is 28.9 Å². The van der Waals surface area contributed by atoms with Crippen LogP contribution in [0.2, 0.25) is 0 Å². The molecular formula is C20H24N2O3S. The fourth-order valence-electron chi connectivity index (χ4n) is 2.36. The molecule has 2 N–H and O–H groups in total. The maximum Gasteiger partial charge on any atom is 0.264 e. The molecule has 0 unspecified atom stereocenters. The van der Waals surface area contributed by atoms with Gasteiger partial charge < -0.3 is 14.8 Å². The molecule has 2 aromatic rings. The Labute approximate surface area is 159 Å². The molecule has 2 rings (SSSR count). The molecule has 0 aliphatic carbocycles. The average Bonchev–Trinajstić information content (AvgIpc) is 2.62. The largest absolute Gasteiger partial charge is 0.494 e. The molecule has 5 nitrogen and oxygen atoms in total. The van der Waals surface area contributed by atoms with E-state index < -0.39 is 0 Å². The van der Waals surface area contributed by atoms with Gasteiger partial charge >= 0.3 is 0 Å². The van der Waals surface area contributed by atoms with Gasteiger partial charge in [-0.25, -0.2) is 0 Å². The minimum absolute atomic E-state index is 0.102. The summed E-state index contributed by atoms with van der Waals surface area (Å²) in [5, 5.41) is 5.79. The molecule has 0 bridgehead atoms. The zero-order valence-corrected chi connectivity index (χ0v) is 16.1. The SMILES string of the molecule is CCOc1ccc(NC(=S)NC(=O)COc2ccccc2C(C)C)cc1. The number of hydrogen-bond acceptors (Lipinski definition) is 4. The molecule has 0 atom stereocenters. The van der Waals surface area contributed by atoms with E-state index >= 15 is 0 Å². The Morgan fingerprint density at radius 3 is 2.42 bits per heavy atom. The second-order valence-electron chi connectivity index (χ2n) is 5.94. The van der Waals surface area contributed by atoms with Gasteiger partial charge in [-0.15, -0.1) is 0 Å². The molecule has 0 aliphatic heterocycles. The molecule has 0 heterocycles. The maximum atomic E-state index is 12.1. The number of carbonyl (C=O) groups is 1. The first kappa shape index (κ1) is 19.7. The molecule has 0 saturated heterocycles. The van der Waals surface area contributed by atoms with Crippen molar-refractivity contribution in [2.75, 3.05) is 18.5 Å². The standard InChI is InChI=1S/C20H24N2O3S/c1-4-24-16-11-9-15(10-12-16)21-20(26)22-19(23)13-25-18-8-6-5-7-17(18)14(2)3/h5-12,14H,4,13H2,1-3H3,(H2,21,22,23,26). The van der Waals surface area contributed by atoms with Crippen molar-refractivity contribution < 1.29 is 14.3 Å². The molecule has 0 saturated carbocycles. The third-order valence-electron chi connectivity index (χ3n) is 3.58. The molecule has 26 heavy (non-hydrogen) atoms. The van der Waals surface area contributed by atoms with E-state index in [2.05, 4.69) is 24.5 Å². The predicted octanol–water partition coefficient (Wildman–Crippen LogP) is 4.10. The van der Waals surface area contributed by atoms with Crippen LogP contribution < -0.4 is 20.1 Å². The fourth-order valence-corrected chi connectivity index (χ4v) is 2.59. The predicted molar refractivity (Wildman–Crippen MR) is 108 cm³/mol. The second-order valence-corrected chi connectivity index (χ2v) is 6.35. The third kappa shape index (κ3) is 6.04. The minimum atomic E-state index is -0.313. The van der Waals surface area contributed by atoms with Crippen molar-refractivity contribution in [1.29, 1.82) is 0 Å². The highest BCUT2D eigenvalue weighted by molar-refractivity contribution is 7.80. The third-order valence-corrected chi connectivity index (χ3v) is 3.78. The van der Waals surface area contributed by atoms with E-state index in [9.17, 15) is 4.79 Å². The van der Waals surface area contributed by atoms with Crippen molar-refractivity contribution in [3.8, 4) is 11.5 Å². The highest BCUT2D eigenvalue weighted by Gasteiger charge is 2.10. The summed E-state index contributed by atoms with van der Waals surface area (Å²) >= 11 is 5.16. The Morgan fingerprint density at radius 2 is 1.77 bits per heavy atom. The first-order valence-corrected chi connectivity index (χ1v) is 8.95. The normalized spacial score (nSPS) is 10.3. The Hall–Kier alpha value is -2.60. The summed E-state index contributed by atoms with van der Waals surface area (Å²) in [6.45, 7) is 6.60. The summed E-state index contributed by atoms with van der Waals surface area (Å²) in [5.74, 6) is 1.50. The smallest absolute Gasteiger partial charge is 0.264 e. The molecular weight excluding hydrogens is 348 g/mol. The number of carbonyl (C=O) groups excluding carboxylic acids is 1. The minimum Gasteiger partial charge on any atom is -0.494 e. The van der Waals surface area contributed by atoms with Crippen LogP contribution in [0.4, 0.5) is 5.69 Å². The Morgan fingerprint density at radius 1 is 1.08 bits per heavy atom. The van der Waals surface area contributed by atoms with Crippen molar-refractivity contribution in [3.05, 3.63) is 54.1 Å². The van der Waals surface area contributed by atoms with Gasteiger partial charge in [-0.1, -0.05) is 32.0 Å². The van der Waals surface area contributed by atoms with E-state index in [1.165, 1.54) is 0 Å². The number of anilines is 1. The van der Waals surface area contributed by atoms with E-state index in [0.29, 0.717) is 18.3 Å². The van der Waals surface area contributed by atoms with Crippen molar-refractivity contribution in [2.45, 2.75) is 26.7 Å². The van der Waals surface area contributed by atoms with Crippen LogP contribution in [0.3, 0.4) is 0 Å². The lowest BCUT2D eigenvalue weighted by atomic mass is 10.0. The molecule has 138 valence electrons. The topological polar surface area (TPSA) is 59.6 Å². The van der Waals surface area contributed by atoms with Crippen LogP contribution >= 0.6 is 12.2 Å². The first-order valence-electron chi connectivity index (χ1n) is 8.55.